The van der Waals surface area contributed by atoms with E-state index in [1.54, 1.807) is 0 Å². The number of aliphatic hydroxyl groups is 1. The lowest BCUT2D eigenvalue weighted by molar-refractivity contribution is 0.276. The number of hydrogen-bond acceptors (Lipinski definition) is 4. The van der Waals surface area contributed by atoms with E-state index in [1.807, 2.05) is 6.92 Å². The van der Waals surface area contributed by atoms with E-state index < -0.39 is 0 Å². The molecule has 1 atom stereocenters. The lowest BCUT2D eigenvalue weighted by atomic mass is 9.85. The molecule has 1 unspecified atom stereocenters. The van der Waals surface area contributed by atoms with Crippen LogP contribution in [0.25, 0.3) is 11.0 Å². The van der Waals surface area contributed by atoms with Crippen molar-refractivity contribution >= 4 is 16.9 Å². The fraction of sp³-hybridized carbons (Fsp3) is 0.667. The van der Waals surface area contributed by atoms with Gasteiger partial charge in [-0.15, -0.1) is 0 Å². The number of fused-ring (bicyclic) bond motifs is 1. The standard InChI is InChI=1S/C18H28N4O/c1-3-5-15(9-11-23)21-18-17-16(19-13(2)20-18)8-10-22(17)12-14-6-4-7-14/h8,10,14-15,23H,3-7,9,11-12H2,1-2H3,(H,19,20,21). The minimum absolute atomic E-state index is 0.202. The number of anilines is 1. The number of nitrogens with zero attached hydrogens (tertiary/aromatic N) is 3. The quantitative estimate of drug-likeness (QED) is 0.782. The monoisotopic (exact) mass is 316 g/mol. The Hall–Kier alpha value is -1.62. The van der Waals surface area contributed by atoms with E-state index in [0.29, 0.717) is 0 Å². The first-order valence-electron chi connectivity index (χ1n) is 8.92. The van der Waals surface area contributed by atoms with Gasteiger partial charge in [0.15, 0.2) is 5.82 Å². The van der Waals surface area contributed by atoms with Crippen LogP contribution < -0.4 is 5.32 Å². The Balaban J connectivity index is 1.91. The molecule has 5 heteroatoms. The molecule has 2 N–H and O–H groups in total. The Labute approximate surface area is 138 Å². The molecule has 5 nitrogen and oxygen atoms in total. The van der Waals surface area contributed by atoms with Crippen molar-refractivity contribution in [2.24, 2.45) is 5.92 Å². The fourth-order valence-corrected chi connectivity index (χ4v) is 3.42. The van der Waals surface area contributed by atoms with Crippen molar-refractivity contribution in [3.63, 3.8) is 0 Å². The van der Waals surface area contributed by atoms with Gasteiger partial charge in [-0.3, -0.25) is 0 Å². The lowest BCUT2D eigenvalue weighted by Crippen LogP contribution is -2.23. The van der Waals surface area contributed by atoms with Gasteiger partial charge in [0, 0.05) is 25.4 Å². The van der Waals surface area contributed by atoms with Crippen LogP contribution in [0.1, 0.15) is 51.3 Å². The van der Waals surface area contributed by atoms with Gasteiger partial charge < -0.3 is 15.0 Å². The summed E-state index contributed by atoms with van der Waals surface area (Å²) in [7, 11) is 0. The van der Waals surface area contributed by atoms with Gasteiger partial charge in [-0.1, -0.05) is 19.8 Å². The minimum Gasteiger partial charge on any atom is -0.396 e. The molecule has 2 aromatic rings. The van der Waals surface area contributed by atoms with Crippen LogP contribution in [0.5, 0.6) is 0 Å². The summed E-state index contributed by atoms with van der Waals surface area (Å²) in [5.41, 5.74) is 2.13. The highest BCUT2D eigenvalue weighted by molar-refractivity contribution is 5.86. The highest BCUT2D eigenvalue weighted by Crippen LogP contribution is 2.31. The third-order valence-electron chi connectivity index (χ3n) is 4.86. The van der Waals surface area contributed by atoms with E-state index in [-0.39, 0.29) is 12.6 Å². The maximum Gasteiger partial charge on any atom is 0.154 e. The predicted octanol–water partition coefficient (Wildman–Crippen LogP) is 3.50. The molecule has 0 spiro atoms. The van der Waals surface area contributed by atoms with Crippen molar-refractivity contribution in [1.29, 1.82) is 0 Å². The summed E-state index contributed by atoms with van der Waals surface area (Å²) in [6.07, 6.45) is 9.04. The third-order valence-corrected chi connectivity index (χ3v) is 4.86. The Bertz CT molecular complexity index is 642. The zero-order valence-electron chi connectivity index (χ0n) is 14.3. The molecule has 1 aliphatic rings. The van der Waals surface area contributed by atoms with Gasteiger partial charge in [0.2, 0.25) is 0 Å². The second-order valence-electron chi connectivity index (χ2n) is 6.76. The molecule has 0 aromatic carbocycles. The van der Waals surface area contributed by atoms with Crippen molar-refractivity contribution in [2.45, 2.75) is 65.0 Å². The van der Waals surface area contributed by atoms with Gasteiger partial charge in [-0.2, -0.15) is 0 Å². The summed E-state index contributed by atoms with van der Waals surface area (Å²) in [5.74, 6) is 2.51. The molecule has 23 heavy (non-hydrogen) atoms. The first-order valence-corrected chi connectivity index (χ1v) is 8.92. The minimum atomic E-state index is 0.202. The molecule has 0 radical (unpaired) electrons. The van der Waals surface area contributed by atoms with Crippen molar-refractivity contribution in [1.82, 2.24) is 14.5 Å². The molecular formula is C18H28N4O. The summed E-state index contributed by atoms with van der Waals surface area (Å²) >= 11 is 0. The summed E-state index contributed by atoms with van der Waals surface area (Å²) in [6, 6.07) is 2.35. The summed E-state index contributed by atoms with van der Waals surface area (Å²) in [4.78, 5) is 9.25. The van der Waals surface area contributed by atoms with Gasteiger partial charge in [-0.25, -0.2) is 9.97 Å². The van der Waals surface area contributed by atoms with E-state index in [4.69, 9.17) is 0 Å². The van der Waals surface area contributed by atoms with Gasteiger partial charge in [-0.05, 0) is 44.6 Å². The van der Waals surface area contributed by atoms with E-state index in [2.05, 4.69) is 39.0 Å². The van der Waals surface area contributed by atoms with Crippen LogP contribution in [-0.4, -0.2) is 32.3 Å². The summed E-state index contributed by atoms with van der Waals surface area (Å²) in [6.45, 7) is 5.37. The van der Waals surface area contributed by atoms with Crippen molar-refractivity contribution in [3.8, 4) is 0 Å². The van der Waals surface area contributed by atoms with Crippen LogP contribution in [0.3, 0.4) is 0 Å². The maximum absolute atomic E-state index is 9.30. The number of aryl methyl sites for hydroxylation is 1. The molecule has 0 amide bonds. The average molecular weight is 316 g/mol. The first kappa shape index (κ1) is 16.2. The molecular weight excluding hydrogens is 288 g/mol. The molecule has 126 valence electrons. The lowest BCUT2D eigenvalue weighted by Gasteiger charge is -2.26. The van der Waals surface area contributed by atoms with Gasteiger partial charge in [0.25, 0.3) is 0 Å². The second-order valence-corrected chi connectivity index (χ2v) is 6.76. The van der Waals surface area contributed by atoms with E-state index in [1.165, 1.54) is 19.3 Å². The topological polar surface area (TPSA) is 63.0 Å². The first-order chi connectivity index (χ1) is 11.2. The normalized spacial score (nSPS) is 16.5. The van der Waals surface area contributed by atoms with Gasteiger partial charge in [0.05, 0.1) is 5.52 Å². The summed E-state index contributed by atoms with van der Waals surface area (Å²) < 4.78 is 2.31. The number of nitrogens with one attached hydrogen (secondary N) is 1. The average Bonchev–Trinajstić information content (AvgIpc) is 2.86. The Morgan fingerprint density at radius 1 is 1.35 bits per heavy atom. The molecule has 2 aromatic heterocycles. The highest BCUT2D eigenvalue weighted by atomic mass is 16.3. The van der Waals surface area contributed by atoms with Gasteiger partial charge >= 0.3 is 0 Å². The third kappa shape index (κ3) is 3.66. The SMILES string of the molecule is CCCC(CCO)Nc1nc(C)nc2ccn(CC3CCC3)c12. The molecule has 1 aliphatic carbocycles. The number of aromatic nitrogens is 3. The zero-order chi connectivity index (χ0) is 16.2. The molecule has 0 bridgehead atoms. The van der Waals surface area contributed by atoms with Crippen molar-refractivity contribution in [3.05, 3.63) is 18.1 Å². The Kier molecular flexibility index (Phi) is 5.16. The zero-order valence-corrected chi connectivity index (χ0v) is 14.3. The fourth-order valence-electron chi connectivity index (χ4n) is 3.42. The molecule has 1 saturated carbocycles. The molecule has 3 rings (SSSR count). The van der Waals surface area contributed by atoms with E-state index in [9.17, 15) is 5.11 Å². The van der Waals surface area contributed by atoms with Crippen LogP contribution in [-0.2, 0) is 6.54 Å². The summed E-state index contributed by atoms with van der Waals surface area (Å²) in [5, 5.41) is 12.9. The van der Waals surface area contributed by atoms with Gasteiger partial charge in [0.1, 0.15) is 11.3 Å². The Morgan fingerprint density at radius 3 is 2.83 bits per heavy atom. The van der Waals surface area contributed by atoms with Crippen LogP contribution in [0.15, 0.2) is 12.3 Å². The number of hydrogen-bond donors (Lipinski definition) is 2. The maximum atomic E-state index is 9.30. The predicted molar refractivity (Wildman–Crippen MR) is 93.6 cm³/mol. The van der Waals surface area contributed by atoms with Crippen LogP contribution in [0, 0.1) is 12.8 Å². The van der Waals surface area contributed by atoms with Crippen LogP contribution >= 0.6 is 0 Å². The van der Waals surface area contributed by atoms with Crippen LogP contribution in [0.2, 0.25) is 0 Å². The number of aliphatic hydroxyl groups excluding tert-OH is 1. The number of rotatable bonds is 8. The van der Waals surface area contributed by atoms with Crippen molar-refractivity contribution < 1.29 is 5.11 Å². The Morgan fingerprint density at radius 2 is 2.17 bits per heavy atom. The largest absolute Gasteiger partial charge is 0.396 e. The molecule has 0 aliphatic heterocycles. The second kappa shape index (κ2) is 7.30. The molecule has 1 fully saturated rings. The molecule has 2 heterocycles. The smallest absolute Gasteiger partial charge is 0.154 e. The van der Waals surface area contributed by atoms with Crippen molar-refractivity contribution in [2.75, 3.05) is 11.9 Å². The van der Waals surface area contributed by atoms with Crippen LogP contribution in [0.4, 0.5) is 5.82 Å². The highest BCUT2D eigenvalue weighted by Gasteiger charge is 2.20. The van der Waals surface area contributed by atoms with E-state index >= 15 is 0 Å². The molecule has 0 saturated heterocycles. The van der Waals surface area contributed by atoms with E-state index in [0.717, 1.165) is 54.4 Å².